The van der Waals surface area contributed by atoms with Crippen LogP contribution in [0.1, 0.15) is 0 Å². The first kappa shape index (κ1) is 8.08. The second-order valence-corrected chi connectivity index (χ2v) is 3.50. The van der Waals surface area contributed by atoms with E-state index in [0.717, 1.165) is 0 Å². The van der Waals surface area contributed by atoms with Gasteiger partial charge in [-0.15, -0.1) is 0 Å². The highest BCUT2D eigenvalue weighted by molar-refractivity contribution is 9.10. The normalized spacial score (nSPS) is 10.9. The van der Waals surface area contributed by atoms with Gasteiger partial charge in [-0.2, -0.15) is 0 Å². The molecule has 2 aromatic rings. The summed E-state index contributed by atoms with van der Waals surface area (Å²) < 4.78 is 18.5. The van der Waals surface area contributed by atoms with E-state index in [9.17, 15) is 4.39 Å². The topological polar surface area (TPSA) is 13.1 Å². The molecule has 0 unspecified atom stereocenters. The SMILES string of the molecule is Fc1cc2ccoc2c(Br)c1Cl. The van der Waals surface area contributed by atoms with Gasteiger partial charge < -0.3 is 4.42 Å². The lowest BCUT2D eigenvalue weighted by Crippen LogP contribution is -1.78. The minimum absolute atomic E-state index is 0.0532. The van der Waals surface area contributed by atoms with Crippen molar-refractivity contribution in [2.24, 2.45) is 0 Å². The first-order chi connectivity index (χ1) is 5.70. The van der Waals surface area contributed by atoms with Gasteiger partial charge in [0.2, 0.25) is 0 Å². The Kier molecular flexibility index (Phi) is 1.85. The standard InChI is InChI=1S/C8H3BrClFO/c9-6-7(10)5(11)3-4-1-2-12-8(4)6/h1-3H. The highest BCUT2D eigenvalue weighted by Gasteiger charge is 2.11. The number of hydrogen-bond donors (Lipinski definition) is 0. The van der Waals surface area contributed by atoms with E-state index in [2.05, 4.69) is 15.9 Å². The quantitative estimate of drug-likeness (QED) is 0.644. The summed E-state index contributed by atoms with van der Waals surface area (Å²) in [5.41, 5.74) is 0.571. The molecule has 0 N–H and O–H groups in total. The lowest BCUT2D eigenvalue weighted by atomic mass is 10.2. The molecule has 2 rings (SSSR count). The summed E-state index contributed by atoms with van der Waals surface area (Å²) in [5.74, 6) is -0.447. The van der Waals surface area contributed by atoms with Crippen LogP contribution in [-0.2, 0) is 0 Å². The van der Waals surface area contributed by atoms with E-state index in [0.29, 0.717) is 15.4 Å². The Morgan fingerprint density at radius 2 is 2.25 bits per heavy atom. The third-order valence-corrected chi connectivity index (χ3v) is 2.93. The molecule has 0 saturated heterocycles. The molecule has 0 aliphatic carbocycles. The fourth-order valence-electron chi connectivity index (χ4n) is 1.02. The van der Waals surface area contributed by atoms with Gasteiger partial charge in [-0.3, -0.25) is 0 Å². The van der Waals surface area contributed by atoms with Crippen molar-refractivity contribution in [3.63, 3.8) is 0 Å². The molecule has 62 valence electrons. The third kappa shape index (κ3) is 1.04. The number of furan rings is 1. The van der Waals surface area contributed by atoms with Gasteiger partial charge in [0.25, 0.3) is 0 Å². The molecule has 1 aromatic heterocycles. The monoisotopic (exact) mass is 248 g/mol. The van der Waals surface area contributed by atoms with Crippen molar-refractivity contribution in [1.29, 1.82) is 0 Å². The maximum atomic E-state index is 13.0. The number of fused-ring (bicyclic) bond motifs is 1. The summed E-state index contributed by atoms with van der Waals surface area (Å²) in [7, 11) is 0. The van der Waals surface area contributed by atoms with Crippen LogP contribution in [0.5, 0.6) is 0 Å². The lowest BCUT2D eigenvalue weighted by Gasteiger charge is -1.97. The summed E-state index contributed by atoms with van der Waals surface area (Å²) in [6.07, 6.45) is 1.49. The van der Waals surface area contributed by atoms with Crippen molar-refractivity contribution in [2.45, 2.75) is 0 Å². The Bertz CT molecular complexity index is 438. The van der Waals surface area contributed by atoms with Crippen LogP contribution in [0.15, 0.2) is 27.3 Å². The van der Waals surface area contributed by atoms with Crippen LogP contribution in [0, 0.1) is 5.82 Å². The molecule has 4 heteroatoms. The second-order valence-electron chi connectivity index (χ2n) is 2.33. The van der Waals surface area contributed by atoms with Gasteiger partial charge in [-0.05, 0) is 28.1 Å². The second kappa shape index (κ2) is 2.75. The van der Waals surface area contributed by atoms with E-state index in [1.54, 1.807) is 6.07 Å². The van der Waals surface area contributed by atoms with E-state index in [1.807, 2.05) is 0 Å². The maximum absolute atomic E-state index is 13.0. The molecule has 0 bridgehead atoms. The van der Waals surface area contributed by atoms with Crippen molar-refractivity contribution in [3.8, 4) is 0 Å². The summed E-state index contributed by atoms with van der Waals surface area (Å²) in [6, 6.07) is 3.02. The molecule has 0 aliphatic rings. The largest absolute Gasteiger partial charge is 0.463 e. The maximum Gasteiger partial charge on any atom is 0.149 e. The van der Waals surface area contributed by atoms with Gasteiger partial charge in [0.05, 0.1) is 15.8 Å². The van der Waals surface area contributed by atoms with Crippen LogP contribution < -0.4 is 0 Å². The van der Waals surface area contributed by atoms with Crippen LogP contribution >= 0.6 is 27.5 Å². The Hall–Kier alpha value is -0.540. The minimum atomic E-state index is -0.447. The average molecular weight is 249 g/mol. The molecule has 0 saturated carbocycles. The van der Waals surface area contributed by atoms with Crippen molar-refractivity contribution < 1.29 is 8.81 Å². The number of hydrogen-bond acceptors (Lipinski definition) is 1. The van der Waals surface area contributed by atoms with Gasteiger partial charge in [0.1, 0.15) is 11.4 Å². The zero-order chi connectivity index (χ0) is 8.72. The van der Waals surface area contributed by atoms with Gasteiger partial charge in [-0.25, -0.2) is 4.39 Å². The number of halogens is 3. The van der Waals surface area contributed by atoms with Crippen molar-refractivity contribution >= 4 is 38.5 Å². The van der Waals surface area contributed by atoms with Gasteiger partial charge in [-0.1, -0.05) is 11.6 Å². The molecule has 0 radical (unpaired) electrons. The van der Waals surface area contributed by atoms with E-state index < -0.39 is 5.82 Å². The van der Waals surface area contributed by atoms with Crippen LogP contribution in [0.3, 0.4) is 0 Å². The fourth-order valence-corrected chi connectivity index (χ4v) is 1.67. The van der Waals surface area contributed by atoms with Gasteiger partial charge in [0.15, 0.2) is 0 Å². The predicted octanol–water partition coefficient (Wildman–Crippen LogP) is 3.99. The highest BCUT2D eigenvalue weighted by atomic mass is 79.9. The lowest BCUT2D eigenvalue weighted by molar-refractivity contribution is 0.607. The summed E-state index contributed by atoms with van der Waals surface area (Å²) in [5, 5.41) is 0.751. The molecule has 1 heterocycles. The average Bonchev–Trinajstić information content (AvgIpc) is 2.48. The van der Waals surface area contributed by atoms with Crippen molar-refractivity contribution in [1.82, 2.24) is 0 Å². The molecule has 0 atom stereocenters. The molecule has 1 aromatic carbocycles. The molecule has 1 nitrogen and oxygen atoms in total. The Labute approximate surface area is 81.2 Å². The zero-order valence-corrected chi connectivity index (χ0v) is 8.12. The van der Waals surface area contributed by atoms with Crippen LogP contribution in [-0.4, -0.2) is 0 Å². The molecule has 0 amide bonds. The van der Waals surface area contributed by atoms with E-state index in [-0.39, 0.29) is 5.02 Å². The van der Waals surface area contributed by atoms with Crippen molar-refractivity contribution in [3.05, 3.63) is 33.7 Å². The zero-order valence-electron chi connectivity index (χ0n) is 5.77. The molecule has 0 spiro atoms. The number of benzene rings is 1. The minimum Gasteiger partial charge on any atom is -0.463 e. The van der Waals surface area contributed by atoms with E-state index in [4.69, 9.17) is 16.0 Å². The fraction of sp³-hybridized carbons (Fsp3) is 0. The first-order valence-corrected chi connectivity index (χ1v) is 4.38. The summed E-state index contributed by atoms with van der Waals surface area (Å²) in [6.45, 7) is 0. The predicted molar refractivity (Wildman–Crippen MR) is 48.9 cm³/mol. The Morgan fingerprint density at radius 1 is 1.50 bits per heavy atom. The van der Waals surface area contributed by atoms with E-state index in [1.165, 1.54) is 12.3 Å². The van der Waals surface area contributed by atoms with Crippen LogP contribution in [0.25, 0.3) is 11.0 Å². The Morgan fingerprint density at radius 3 is 3.00 bits per heavy atom. The van der Waals surface area contributed by atoms with Crippen LogP contribution in [0.4, 0.5) is 4.39 Å². The summed E-state index contributed by atoms with van der Waals surface area (Å²) in [4.78, 5) is 0. The highest BCUT2D eigenvalue weighted by Crippen LogP contribution is 2.33. The molecule has 0 aliphatic heterocycles. The van der Waals surface area contributed by atoms with Gasteiger partial charge >= 0.3 is 0 Å². The smallest absolute Gasteiger partial charge is 0.149 e. The van der Waals surface area contributed by atoms with Crippen molar-refractivity contribution in [2.75, 3.05) is 0 Å². The molecular weight excluding hydrogens is 246 g/mol. The van der Waals surface area contributed by atoms with E-state index >= 15 is 0 Å². The first-order valence-electron chi connectivity index (χ1n) is 3.21. The third-order valence-electron chi connectivity index (χ3n) is 1.58. The van der Waals surface area contributed by atoms with Gasteiger partial charge in [0, 0.05) is 5.39 Å². The Balaban J connectivity index is 2.94. The molecule has 12 heavy (non-hydrogen) atoms. The number of rotatable bonds is 0. The van der Waals surface area contributed by atoms with Crippen LogP contribution in [0.2, 0.25) is 5.02 Å². The summed E-state index contributed by atoms with van der Waals surface area (Å²) >= 11 is 8.78. The molecule has 0 fully saturated rings. The molecular formula is C8H3BrClFO.